The SMILES string of the molecule is CC(C)(NS(=O)(=O)c1cccc(C(N)=S)c1)C(N)=O. The Morgan fingerprint density at radius 2 is 1.89 bits per heavy atom. The van der Waals surface area contributed by atoms with Gasteiger partial charge in [-0.25, -0.2) is 8.42 Å². The average Bonchev–Trinajstić information content (AvgIpc) is 2.27. The molecule has 0 unspecified atom stereocenters. The molecule has 6 nitrogen and oxygen atoms in total. The molecule has 104 valence electrons. The zero-order valence-electron chi connectivity index (χ0n) is 10.5. The van der Waals surface area contributed by atoms with Gasteiger partial charge in [-0.05, 0) is 26.0 Å². The van der Waals surface area contributed by atoms with Crippen LogP contribution >= 0.6 is 12.2 Å². The van der Waals surface area contributed by atoms with Crippen molar-refractivity contribution < 1.29 is 13.2 Å². The summed E-state index contributed by atoms with van der Waals surface area (Å²) in [5.74, 6) is -0.776. The van der Waals surface area contributed by atoms with Crippen molar-refractivity contribution in [1.29, 1.82) is 0 Å². The number of carbonyl (C=O) groups is 1. The van der Waals surface area contributed by atoms with Gasteiger partial charge in [-0.3, -0.25) is 4.79 Å². The van der Waals surface area contributed by atoms with Crippen LogP contribution < -0.4 is 16.2 Å². The third-order valence-electron chi connectivity index (χ3n) is 2.43. The van der Waals surface area contributed by atoms with Crippen LogP contribution in [0.3, 0.4) is 0 Å². The molecule has 0 bridgehead atoms. The largest absolute Gasteiger partial charge is 0.389 e. The smallest absolute Gasteiger partial charge is 0.241 e. The van der Waals surface area contributed by atoms with Gasteiger partial charge in [0.2, 0.25) is 15.9 Å². The van der Waals surface area contributed by atoms with Crippen LogP contribution in [0.1, 0.15) is 19.4 Å². The molecule has 1 aromatic carbocycles. The number of nitrogens with one attached hydrogen (secondary N) is 1. The third kappa shape index (κ3) is 3.72. The lowest BCUT2D eigenvalue weighted by molar-refractivity contribution is -0.122. The lowest BCUT2D eigenvalue weighted by Crippen LogP contribution is -2.52. The molecule has 19 heavy (non-hydrogen) atoms. The van der Waals surface area contributed by atoms with Crippen molar-refractivity contribution in [2.24, 2.45) is 11.5 Å². The van der Waals surface area contributed by atoms with Crippen LogP contribution in [-0.2, 0) is 14.8 Å². The van der Waals surface area contributed by atoms with Gasteiger partial charge in [0.25, 0.3) is 0 Å². The molecule has 1 rings (SSSR count). The molecule has 0 aliphatic rings. The van der Waals surface area contributed by atoms with Crippen molar-refractivity contribution in [1.82, 2.24) is 4.72 Å². The highest BCUT2D eigenvalue weighted by atomic mass is 32.2. The number of hydrogen-bond acceptors (Lipinski definition) is 4. The summed E-state index contributed by atoms with van der Waals surface area (Å²) < 4.78 is 26.5. The van der Waals surface area contributed by atoms with Gasteiger partial charge < -0.3 is 11.5 Å². The van der Waals surface area contributed by atoms with Gasteiger partial charge in [0, 0.05) is 5.56 Å². The topological polar surface area (TPSA) is 115 Å². The number of hydrogen-bond donors (Lipinski definition) is 3. The maximum atomic E-state index is 12.1. The standard InChI is InChI=1S/C11H15N3O3S2/c1-11(2,10(13)15)14-19(16,17)8-5-3-4-7(6-8)9(12)18/h3-6,14H,1-2H3,(H2,12,18)(H2,13,15). The van der Waals surface area contributed by atoms with E-state index in [1.807, 2.05) is 0 Å². The molecule has 0 fully saturated rings. The van der Waals surface area contributed by atoms with E-state index in [2.05, 4.69) is 4.72 Å². The molecular weight excluding hydrogens is 286 g/mol. The molecule has 8 heteroatoms. The second-order valence-corrected chi connectivity index (χ2v) is 6.61. The highest BCUT2D eigenvalue weighted by Gasteiger charge is 2.31. The molecule has 0 heterocycles. The first kappa shape index (κ1) is 15.5. The Labute approximate surface area is 117 Å². The van der Waals surface area contributed by atoms with Crippen molar-refractivity contribution in [3.05, 3.63) is 29.8 Å². The van der Waals surface area contributed by atoms with Gasteiger partial charge in [0.15, 0.2) is 0 Å². The minimum Gasteiger partial charge on any atom is -0.389 e. The van der Waals surface area contributed by atoms with Gasteiger partial charge in [0.05, 0.1) is 4.90 Å². The van der Waals surface area contributed by atoms with Crippen LogP contribution in [0.25, 0.3) is 0 Å². The van der Waals surface area contributed by atoms with E-state index in [4.69, 9.17) is 23.7 Å². The van der Waals surface area contributed by atoms with Crippen molar-refractivity contribution in [2.45, 2.75) is 24.3 Å². The van der Waals surface area contributed by atoms with Crippen molar-refractivity contribution in [2.75, 3.05) is 0 Å². The number of thiocarbonyl (C=S) groups is 1. The predicted molar refractivity (Wildman–Crippen MR) is 75.9 cm³/mol. The Bertz CT molecular complexity index is 624. The molecule has 0 radical (unpaired) electrons. The lowest BCUT2D eigenvalue weighted by Gasteiger charge is -2.22. The third-order valence-corrected chi connectivity index (χ3v) is 4.32. The molecule has 0 aliphatic heterocycles. The summed E-state index contributed by atoms with van der Waals surface area (Å²) in [7, 11) is -3.89. The monoisotopic (exact) mass is 301 g/mol. The quantitative estimate of drug-likeness (QED) is 0.655. The molecule has 0 atom stereocenters. The van der Waals surface area contributed by atoms with Crippen LogP contribution in [0, 0.1) is 0 Å². The highest BCUT2D eigenvalue weighted by Crippen LogP contribution is 2.14. The van der Waals surface area contributed by atoms with Gasteiger partial charge in [-0.1, -0.05) is 24.4 Å². The number of sulfonamides is 1. The Morgan fingerprint density at radius 3 is 2.37 bits per heavy atom. The second-order valence-electron chi connectivity index (χ2n) is 4.49. The minimum absolute atomic E-state index is 0.0351. The van der Waals surface area contributed by atoms with Crippen molar-refractivity contribution in [3.8, 4) is 0 Å². The fourth-order valence-corrected chi connectivity index (χ4v) is 2.82. The first-order valence-corrected chi connectivity index (χ1v) is 7.19. The van der Waals surface area contributed by atoms with E-state index >= 15 is 0 Å². The summed E-state index contributed by atoms with van der Waals surface area (Å²) in [4.78, 5) is 11.2. The first-order valence-electron chi connectivity index (χ1n) is 5.30. The fourth-order valence-electron chi connectivity index (χ4n) is 1.26. The Balaban J connectivity index is 3.18. The predicted octanol–water partition coefficient (Wildman–Crippen LogP) is -0.137. The molecule has 0 aliphatic carbocycles. The van der Waals surface area contributed by atoms with Gasteiger partial charge in [-0.15, -0.1) is 0 Å². The van der Waals surface area contributed by atoms with E-state index < -0.39 is 21.5 Å². The normalized spacial score (nSPS) is 12.1. The number of rotatable bonds is 5. The van der Waals surface area contributed by atoms with E-state index in [0.717, 1.165) is 0 Å². The number of primary amides is 1. The van der Waals surface area contributed by atoms with E-state index in [1.54, 1.807) is 6.07 Å². The van der Waals surface area contributed by atoms with Crippen molar-refractivity contribution >= 4 is 33.1 Å². The lowest BCUT2D eigenvalue weighted by atomic mass is 10.1. The summed E-state index contributed by atoms with van der Waals surface area (Å²) in [6.45, 7) is 2.76. The Morgan fingerprint density at radius 1 is 1.32 bits per heavy atom. The molecule has 0 saturated carbocycles. The van der Waals surface area contributed by atoms with Crippen LogP contribution in [0.15, 0.2) is 29.2 Å². The summed E-state index contributed by atoms with van der Waals surface area (Å²) in [6, 6.07) is 5.82. The molecule has 1 aromatic rings. The Hall–Kier alpha value is -1.51. The van der Waals surface area contributed by atoms with Gasteiger partial charge in [0.1, 0.15) is 10.5 Å². The maximum Gasteiger partial charge on any atom is 0.241 e. The van der Waals surface area contributed by atoms with E-state index in [1.165, 1.54) is 32.0 Å². The summed E-state index contributed by atoms with van der Waals surface area (Å²) in [6.07, 6.45) is 0. The number of amides is 1. The molecule has 0 aromatic heterocycles. The molecule has 5 N–H and O–H groups in total. The molecular formula is C11H15N3O3S2. The molecule has 0 spiro atoms. The zero-order chi connectivity index (χ0) is 14.8. The van der Waals surface area contributed by atoms with Gasteiger partial charge >= 0.3 is 0 Å². The van der Waals surface area contributed by atoms with Crippen LogP contribution in [0.5, 0.6) is 0 Å². The highest BCUT2D eigenvalue weighted by molar-refractivity contribution is 7.89. The average molecular weight is 301 g/mol. The first-order chi connectivity index (χ1) is 8.56. The van der Waals surface area contributed by atoms with E-state index in [-0.39, 0.29) is 9.88 Å². The number of carbonyl (C=O) groups excluding carboxylic acids is 1. The van der Waals surface area contributed by atoms with E-state index in [0.29, 0.717) is 5.56 Å². The number of benzene rings is 1. The van der Waals surface area contributed by atoms with Crippen LogP contribution in [-0.4, -0.2) is 24.9 Å². The summed E-state index contributed by atoms with van der Waals surface area (Å²) in [5, 5.41) is 0. The second kappa shape index (κ2) is 5.24. The minimum atomic E-state index is -3.89. The molecule has 0 saturated heterocycles. The Kier molecular flexibility index (Phi) is 4.28. The maximum absolute atomic E-state index is 12.1. The van der Waals surface area contributed by atoms with Crippen molar-refractivity contribution in [3.63, 3.8) is 0 Å². The zero-order valence-corrected chi connectivity index (χ0v) is 12.1. The van der Waals surface area contributed by atoms with E-state index in [9.17, 15) is 13.2 Å². The fraction of sp³-hybridized carbons (Fsp3) is 0.273. The summed E-state index contributed by atoms with van der Waals surface area (Å²) >= 11 is 4.78. The number of nitrogens with two attached hydrogens (primary N) is 2. The molecule has 1 amide bonds. The van der Waals surface area contributed by atoms with Crippen LogP contribution in [0.4, 0.5) is 0 Å². The van der Waals surface area contributed by atoms with Crippen LogP contribution in [0.2, 0.25) is 0 Å². The van der Waals surface area contributed by atoms with Gasteiger partial charge in [-0.2, -0.15) is 4.72 Å². The summed E-state index contributed by atoms with van der Waals surface area (Å²) in [5.41, 5.74) is 9.61.